The Morgan fingerprint density at radius 1 is 1.00 bits per heavy atom. The predicted molar refractivity (Wildman–Crippen MR) is 86.8 cm³/mol. The monoisotopic (exact) mass is 295 g/mol. The molecule has 112 valence electrons. The molecule has 1 aromatic rings. The zero-order valence-electron chi connectivity index (χ0n) is 12.7. The summed E-state index contributed by atoms with van der Waals surface area (Å²) < 4.78 is 5.25. The number of methoxy groups -OCH3 is 1. The van der Waals surface area contributed by atoms with Crippen molar-refractivity contribution < 1.29 is 9.84 Å². The van der Waals surface area contributed by atoms with Crippen molar-refractivity contribution in [2.24, 2.45) is 0 Å². The number of hydrogen-bond donors (Lipinski definition) is 2. The first-order valence-electron chi connectivity index (χ1n) is 7.00. The Labute approximate surface area is 128 Å². The zero-order chi connectivity index (χ0) is 15.9. The standard InChI is InChI=1S/C18H17NO3/c1-10-4-13(5-11(2)18(10)21)16-7-12-6-14(20)8-17(22-3)15(12)9-19-16/h4-9,19,21H,1-3H3. The Morgan fingerprint density at radius 3 is 2.32 bits per heavy atom. The maximum Gasteiger partial charge on any atom is 0.182 e. The molecule has 3 rings (SSSR count). The Kier molecular flexibility index (Phi) is 3.37. The van der Waals surface area contributed by atoms with Crippen LogP contribution in [0.15, 0.2) is 41.3 Å². The van der Waals surface area contributed by atoms with Gasteiger partial charge in [0.2, 0.25) is 0 Å². The second-order valence-corrected chi connectivity index (χ2v) is 5.43. The van der Waals surface area contributed by atoms with Crippen molar-refractivity contribution in [1.82, 2.24) is 4.98 Å². The number of aromatic nitrogens is 1. The number of pyridine rings is 1. The number of rotatable bonds is 2. The minimum absolute atomic E-state index is 0.0837. The summed E-state index contributed by atoms with van der Waals surface area (Å²) in [4.78, 5) is 15.0. The molecule has 0 radical (unpaired) electrons. The molecule has 1 heterocycles. The fourth-order valence-electron chi connectivity index (χ4n) is 2.69. The molecule has 2 aliphatic rings. The van der Waals surface area contributed by atoms with Gasteiger partial charge < -0.3 is 14.8 Å². The van der Waals surface area contributed by atoms with Crippen LogP contribution in [-0.4, -0.2) is 17.2 Å². The van der Waals surface area contributed by atoms with E-state index in [1.807, 2.05) is 38.2 Å². The van der Waals surface area contributed by atoms with E-state index in [1.165, 1.54) is 6.07 Å². The summed E-state index contributed by atoms with van der Waals surface area (Å²) in [5.41, 5.74) is 5.08. The van der Waals surface area contributed by atoms with Crippen LogP contribution in [0.3, 0.4) is 0 Å². The molecule has 0 saturated heterocycles. The van der Waals surface area contributed by atoms with Crippen LogP contribution in [0.4, 0.5) is 0 Å². The number of benzene rings is 2. The average Bonchev–Trinajstić information content (AvgIpc) is 2.50. The number of hydrogen-bond acceptors (Lipinski definition) is 3. The van der Waals surface area contributed by atoms with Gasteiger partial charge in [0.05, 0.1) is 7.11 Å². The van der Waals surface area contributed by atoms with Crippen LogP contribution >= 0.6 is 0 Å². The lowest BCUT2D eigenvalue weighted by molar-refractivity contribution is 0.416. The van der Waals surface area contributed by atoms with Crippen molar-refractivity contribution in [3.05, 3.63) is 57.9 Å². The summed E-state index contributed by atoms with van der Waals surface area (Å²) >= 11 is 0. The van der Waals surface area contributed by atoms with Gasteiger partial charge in [0, 0.05) is 23.5 Å². The molecule has 0 fully saturated rings. The number of H-pyrrole nitrogens is 1. The van der Waals surface area contributed by atoms with Gasteiger partial charge in [-0.3, -0.25) is 4.79 Å². The van der Waals surface area contributed by atoms with Gasteiger partial charge in [-0.05, 0) is 60.4 Å². The van der Waals surface area contributed by atoms with Crippen molar-refractivity contribution in [2.75, 3.05) is 7.11 Å². The smallest absolute Gasteiger partial charge is 0.182 e. The first-order valence-corrected chi connectivity index (χ1v) is 7.00. The molecule has 1 aromatic carbocycles. The van der Waals surface area contributed by atoms with Gasteiger partial charge >= 0.3 is 0 Å². The third kappa shape index (κ3) is 2.33. The van der Waals surface area contributed by atoms with Crippen LogP contribution < -0.4 is 10.2 Å². The Balaban J connectivity index is 2.21. The zero-order valence-corrected chi connectivity index (χ0v) is 12.7. The fourth-order valence-corrected chi connectivity index (χ4v) is 2.69. The van der Waals surface area contributed by atoms with Crippen LogP contribution in [0.1, 0.15) is 11.1 Å². The Hall–Kier alpha value is -2.75. The number of aromatic amines is 1. The van der Waals surface area contributed by atoms with E-state index in [2.05, 4.69) is 4.98 Å². The predicted octanol–water partition coefficient (Wildman–Crippen LogP) is 3.48. The molecular weight excluding hydrogens is 278 g/mol. The SMILES string of the molecule is COc1cc(=O)cc2cc(-c3cc(C)c(O)c(C)c3)[nH]cc1-2. The maximum atomic E-state index is 11.7. The third-order valence-corrected chi connectivity index (χ3v) is 3.84. The highest BCUT2D eigenvalue weighted by Crippen LogP contribution is 2.34. The minimum atomic E-state index is -0.0837. The van der Waals surface area contributed by atoms with E-state index >= 15 is 0 Å². The minimum Gasteiger partial charge on any atom is -0.507 e. The number of nitrogens with one attached hydrogen (secondary N) is 1. The lowest BCUT2D eigenvalue weighted by atomic mass is 9.99. The molecular formula is C18H17NO3. The third-order valence-electron chi connectivity index (χ3n) is 3.84. The molecule has 0 aromatic heterocycles. The second kappa shape index (κ2) is 5.22. The highest BCUT2D eigenvalue weighted by atomic mass is 16.5. The van der Waals surface area contributed by atoms with Crippen LogP contribution in [0.2, 0.25) is 0 Å². The summed E-state index contributed by atoms with van der Waals surface area (Å²) in [5, 5.41) is 9.89. The van der Waals surface area contributed by atoms with Gasteiger partial charge in [0.1, 0.15) is 11.5 Å². The van der Waals surface area contributed by atoms with Crippen molar-refractivity contribution in [3.8, 4) is 33.9 Å². The summed E-state index contributed by atoms with van der Waals surface area (Å²) in [5.74, 6) is 0.872. The van der Waals surface area contributed by atoms with Gasteiger partial charge in [-0.1, -0.05) is 0 Å². The van der Waals surface area contributed by atoms with Crippen LogP contribution in [0, 0.1) is 13.8 Å². The van der Waals surface area contributed by atoms with Crippen LogP contribution in [0.25, 0.3) is 22.4 Å². The van der Waals surface area contributed by atoms with E-state index in [4.69, 9.17) is 4.74 Å². The number of ether oxygens (including phenoxy) is 1. The number of fused-ring (bicyclic) bond motifs is 1. The topological polar surface area (TPSA) is 62.3 Å². The molecule has 0 saturated carbocycles. The van der Waals surface area contributed by atoms with E-state index in [1.54, 1.807) is 13.2 Å². The van der Waals surface area contributed by atoms with Gasteiger partial charge in [-0.15, -0.1) is 0 Å². The van der Waals surface area contributed by atoms with Crippen molar-refractivity contribution in [3.63, 3.8) is 0 Å². The first kappa shape index (κ1) is 14.2. The number of aryl methyl sites for hydroxylation is 2. The lowest BCUT2D eigenvalue weighted by Crippen LogP contribution is -2.02. The summed E-state index contributed by atoms with van der Waals surface area (Å²) in [7, 11) is 1.55. The van der Waals surface area contributed by atoms with Crippen LogP contribution in [0.5, 0.6) is 11.5 Å². The van der Waals surface area contributed by atoms with Gasteiger partial charge in [-0.25, -0.2) is 0 Å². The second-order valence-electron chi connectivity index (χ2n) is 5.43. The molecule has 0 spiro atoms. The Bertz CT molecular complexity index is 857. The molecule has 4 nitrogen and oxygen atoms in total. The van der Waals surface area contributed by atoms with Crippen molar-refractivity contribution in [1.29, 1.82) is 0 Å². The lowest BCUT2D eigenvalue weighted by Gasteiger charge is -2.13. The molecule has 0 unspecified atom stereocenters. The quantitative estimate of drug-likeness (QED) is 0.761. The van der Waals surface area contributed by atoms with E-state index in [-0.39, 0.29) is 5.43 Å². The largest absolute Gasteiger partial charge is 0.507 e. The maximum absolute atomic E-state index is 11.7. The highest BCUT2D eigenvalue weighted by Gasteiger charge is 2.12. The highest BCUT2D eigenvalue weighted by molar-refractivity contribution is 5.76. The molecule has 4 heteroatoms. The van der Waals surface area contributed by atoms with E-state index in [9.17, 15) is 9.90 Å². The van der Waals surface area contributed by atoms with Gasteiger partial charge in [0.25, 0.3) is 0 Å². The van der Waals surface area contributed by atoms with Crippen LogP contribution in [-0.2, 0) is 0 Å². The number of aromatic hydroxyl groups is 1. The summed E-state index contributed by atoms with van der Waals surface area (Å²) in [6, 6.07) is 8.82. The number of phenols is 1. The molecule has 1 aliphatic carbocycles. The Morgan fingerprint density at radius 2 is 1.68 bits per heavy atom. The van der Waals surface area contributed by atoms with Gasteiger partial charge in [0.15, 0.2) is 5.43 Å². The molecule has 2 N–H and O–H groups in total. The molecule has 22 heavy (non-hydrogen) atoms. The van der Waals surface area contributed by atoms with Gasteiger partial charge in [-0.2, -0.15) is 0 Å². The first-order chi connectivity index (χ1) is 10.5. The van der Waals surface area contributed by atoms with E-state index < -0.39 is 0 Å². The summed E-state index contributed by atoms with van der Waals surface area (Å²) in [6.07, 6.45) is 1.83. The van der Waals surface area contributed by atoms with E-state index in [0.29, 0.717) is 11.5 Å². The fraction of sp³-hybridized carbons (Fsp3) is 0.167. The molecule has 0 atom stereocenters. The molecule has 1 aliphatic heterocycles. The van der Waals surface area contributed by atoms with Crippen molar-refractivity contribution >= 4 is 0 Å². The average molecular weight is 295 g/mol. The number of phenolic OH excluding ortho intramolecular Hbond substituents is 1. The normalized spacial score (nSPS) is 10.9. The van der Waals surface area contributed by atoms with E-state index in [0.717, 1.165) is 33.5 Å². The molecule has 0 bridgehead atoms. The van der Waals surface area contributed by atoms with Crippen molar-refractivity contribution in [2.45, 2.75) is 13.8 Å². The molecule has 0 amide bonds. The summed E-state index contributed by atoms with van der Waals surface area (Å²) in [6.45, 7) is 3.73.